The molecule has 0 aromatic heterocycles. The smallest absolute Gasteiger partial charge is 0.410 e. The van der Waals surface area contributed by atoms with Crippen molar-refractivity contribution < 1.29 is 33.0 Å². The molecule has 0 N–H and O–H groups in total. The first-order valence-electron chi connectivity index (χ1n) is 11.3. The van der Waals surface area contributed by atoms with Gasteiger partial charge in [0.15, 0.2) is 0 Å². The third-order valence-corrected chi connectivity index (χ3v) is 5.00. The Morgan fingerprint density at radius 2 is 1.63 bits per heavy atom. The minimum absolute atomic E-state index is 0.0854. The number of hydrogen-bond donors (Lipinski definition) is 0. The van der Waals surface area contributed by atoms with Crippen LogP contribution in [-0.4, -0.2) is 67.3 Å². The van der Waals surface area contributed by atoms with Crippen molar-refractivity contribution in [1.82, 2.24) is 9.80 Å². The van der Waals surface area contributed by atoms with Crippen LogP contribution in [0.25, 0.3) is 0 Å². The Bertz CT molecular complexity index is 1010. The first-order valence-corrected chi connectivity index (χ1v) is 11.3. The molecule has 190 valence electrons. The lowest BCUT2D eigenvalue weighted by Gasteiger charge is -2.27. The monoisotopic (exact) mass is 488 g/mol. The lowest BCUT2D eigenvalue weighted by atomic mass is 10.0. The van der Waals surface area contributed by atoms with Crippen LogP contribution in [0.3, 0.4) is 0 Å². The summed E-state index contributed by atoms with van der Waals surface area (Å²) in [6, 6.07) is 13.1. The molecule has 0 heterocycles. The maximum absolute atomic E-state index is 13.7. The van der Waals surface area contributed by atoms with Gasteiger partial charge in [-0.1, -0.05) is 36.4 Å². The zero-order valence-corrected chi connectivity index (χ0v) is 20.9. The van der Waals surface area contributed by atoms with Crippen molar-refractivity contribution in [2.75, 3.05) is 33.8 Å². The predicted octanol–water partition coefficient (Wildman–Crippen LogP) is 4.66. The molecule has 35 heavy (non-hydrogen) atoms. The summed E-state index contributed by atoms with van der Waals surface area (Å²) < 4.78 is 29.3. The summed E-state index contributed by atoms with van der Waals surface area (Å²) in [6.45, 7) is 5.93. The second-order valence-electron chi connectivity index (χ2n) is 8.97. The number of benzene rings is 2. The SMILES string of the molecule is COC(=O)c1cc(F)ccc1CCN(CCN(C)C(=O)OC(C)(C)C)C(=O)OCc1ccccc1. The number of likely N-dealkylation sites (N-methyl/N-ethyl adjacent to an activating group) is 1. The van der Waals surface area contributed by atoms with Crippen molar-refractivity contribution in [2.24, 2.45) is 0 Å². The van der Waals surface area contributed by atoms with Crippen molar-refractivity contribution in [1.29, 1.82) is 0 Å². The molecule has 0 radical (unpaired) electrons. The van der Waals surface area contributed by atoms with Gasteiger partial charge in [0.2, 0.25) is 0 Å². The van der Waals surface area contributed by atoms with Crippen LogP contribution in [0.1, 0.15) is 42.3 Å². The zero-order chi connectivity index (χ0) is 26.0. The van der Waals surface area contributed by atoms with Gasteiger partial charge in [0.25, 0.3) is 0 Å². The molecule has 2 amide bonds. The highest BCUT2D eigenvalue weighted by Gasteiger charge is 2.22. The van der Waals surface area contributed by atoms with Crippen LogP contribution in [-0.2, 0) is 27.2 Å². The molecule has 0 fully saturated rings. The molecule has 0 saturated carbocycles. The Morgan fingerprint density at radius 1 is 0.943 bits per heavy atom. The molecule has 0 spiro atoms. The highest BCUT2D eigenvalue weighted by Crippen LogP contribution is 2.15. The highest BCUT2D eigenvalue weighted by atomic mass is 19.1. The van der Waals surface area contributed by atoms with Crippen LogP contribution >= 0.6 is 0 Å². The predicted molar refractivity (Wildman–Crippen MR) is 129 cm³/mol. The summed E-state index contributed by atoms with van der Waals surface area (Å²) in [5, 5.41) is 0. The molecule has 0 bridgehead atoms. The number of hydrogen-bond acceptors (Lipinski definition) is 6. The maximum Gasteiger partial charge on any atom is 0.410 e. The van der Waals surface area contributed by atoms with E-state index in [0.717, 1.165) is 11.6 Å². The molecule has 8 nitrogen and oxygen atoms in total. The van der Waals surface area contributed by atoms with E-state index in [4.69, 9.17) is 14.2 Å². The van der Waals surface area contributed by atoms with Crippen molar-refractivity contribution >= 4 is 18.2 Å². The Balaban J connectivity index is 2.11. The molecular formula is C26H33FN2O6. The van der Waals surface area contributed by atoms with Gasteiger partial charge in [0.1, 0.15) is 18.0 Å². The molecular weight excluding hydrogens is 455 g/mol. The first-order chi connectivity index (χ1) is 16.5. The van der Waals surface area contributed by atoms with Gasteiger partial charge in [-0.05, 0) is 50.5 Å². The number of rotatable bonds is 9. The Morgan fingerprint density at radius 3 is 2.26 bits per heavy atom. The fourth-order valence-corrected chi connectivity index (χ4v) is 3.13. The van der Waals surface area contributed by atoms with E-state index < -0.39 is 29.6 Å². The molecule has 0 saturated heterocycles. The number of nitrogens with zero attached hydrogens (tertiary/aromatic N) is 2. The van der Waals surface area contributed by atoms with Gasteiger partial charge in [-0.25, -0.2) is 18.8 Å². The third-order valence-electron chi connectivity index (χ3n) is 5.00. The van der Waals surface area contributed by atoms with E-state index in [0.29, 0.717) is 5.56 Å². The van der Waals surface area contributed by atoms with Crippen molar-refractivity contribution in [3.05, 3.63) is 71.0 Å². The highest BCUT2D eigenvalue weighted by molar-refractivity contribution is 5.91. The number of ether oxygens (including phenoxy) is 3. The van der Waals surface area contributed by atoms with E-state index in [1.54, 1.807) is 27.8 Å². The maximum atomic E-state index is 13.7. The van der Waals surface area contributed by atoms with Gasteiger partial charge in [0.05, 0.1) is 12.7 Å². The molecule has 0 aliphatic carbocycles. The van der Waals surface area contributed by atoms with Gasteiger partial charge in [0, 0.05) is 26.7 Å². The third kappa shape index (κ3) is 9.27. The van der Waals surface area contributed by atoms with Crippen molar-refractivity contribution in [2.45, 2.75) is 39.4 Å². The van der Waals surface area contributed by atoms with Crippen LogP contribution in [0.4, 0.5) is 14.0 Å². The quantitative estimate of drug-likeness (QED) is 0.377. The minimum Gasteiger partial charge on any atom is -0.465 e. The van der Waals surface area contributed by atoms with E-state index in [1.807, 2.05) is 30.3 Å². The van der Waals surface area contributed by atoms with Crippen molar-refractivity contribution in [3.8, 4) is 0 Å². The second-order valence-corrected chi connectivity index (χ2v) is 8.97. The molecule has 2 aromatic carbocycles. The van der Waals surface area contributed by atoms with Gasteiger partial charge >= 0.3 is 18.2 Å². The van der Waals surface area contributed by atoms with Crippen LogP contribution in [0, 0.1) is 5.82 Å². The summed E-state index contributed by atoms with van der Waals surface area (Å²) in [7, 11) is 2.80. The summed E-state index contributed by atoms with van der Waals surface area (Å²) in [4.78, 5) is 40.1. The summed E-state index contributed by atoms with van der Waals surface area (Å²) in [5.74, 6) is -1.23. The normalized spacial score (nSPS) is 10.9. The standard InChI is InChI=1S/C26H33FN2O6/c1-26(2,3)35-24(31)28(4)15-16-29(25(32)34-18-19-9-7-6-8-10-19)14-13-20-11-12-21(27)17-22(20)23(30)33-5/h6-12,17H,13-16,18H2,1-5H3. The van der Waals surface area contributed by atoms with Gasteiger partial charge in [-0.3, -0.25) is 0 Å². The topological polar surface area (TPSA) is 85.4 Å². The summed E-state index contributed by atoms with van der Waals surface area (Å²) in [5.41, 5.74) is 0.806. The Kier molecular flexibility index (Phi) is 10.1. The van der Waals surface area contributed by atoms with E-state index in [-0.39, 0.29) is 38.2 Å². The number of esters is 1. The molecule has 2 aromatic rings. The molecule has 0 aliphatic rings. The average Bonchev–Trinajstić information content (AvgIpc) is 2.82. The van der Waals surface area contributed by atoms with E-state index in [2.05, 4.69) is 0 Å². The fourth-order valence-electron chi connectivity index (χ4n) is 3.13. The summed E-state index contributed by atoms with van der Waals surface area (Å²) >= 11 is 0. The molecule has 9 heteroatoms. The number of carbonyl (C=O) groups is 3. The van der Waals surface area contributed by atoms with Crippen LogP contribution in [0.15, 0.2) is 48.5 Å². The number of carbonyl (C=O) groups excluding carboxylic acids is 3. The number of methoxy groups -OCH3 is 1. The largest absolute Gasteiger partial charge is 0.465 e. The lowest BCUT2D eigenvalue weighted by Crippen LogP contribution is -2.42. The lowest BCUT2D eigenvalue weighted by molar-refractivity contribution is 0.0275. The van der Waals surface area contributed by atoms with E-state index in [1.165, 1.54) is 29.0 Å². The van der Waals surface area contributed by atoms with Gasteiger partial charge in [-0.2, -0.15) is 0 Å². The van der Waals surface area contributed by atoms with E-state index in [9.17, 15) is 18.8 Å². The minimum atomic E-state index is -0.664. The van der Waals surface area contributed by atoms with Crippen molar-refractivity contribution in [3.63, 3.8) is 0 Å². The zero-order valence-electron chi connectivity index (χ0n) is 20.9. The van der Waals surface area contributed by atoms with Crippen LogP contribution in [0.5, 0.6) is 0 Å². The van der Waals surface area contributed by atoms with E-state index >= 15 is 0 Å². The second kappa shape index (κ2) is 12.7. The molecule has 2 rings (SSSR count). The fraction of sp³-hybridized carbons (Fsp3) is 0.423. The summed E-state index contributed by atoms with van der Waals surface area (Å²) in [6.07, 6.45) is -0.837. The number of amides is 2. The van der Waals surface area contributed by atoms with Gasteiger partial charge in [-0.15, -0.1) is 0 Å². The molecule has 0 atom stereocenters. The Hall–Kier alpha value is -3.62. The van der Waals surface area contributed by atoms with Crippen LogP contribution in [0.2, 0.25) is 0 Å². The molecule has 0 unspecified atom stereocenters. The average molecular weight is 489 g/mol. The number of halogens is 1. The van der Waals surface area contributed by atoms with Gasteiger partial charge < -0.3 is 24.0 Å². The Labute approximate surface area is 205 Å². The van der Waals surface area contributed by atoms with Crippen LogP contribution < -0.4 is 0 Å². The molecule has 0 aliphatic heterocycles. The first kappa shape index (κ1) is 27.6.